The molecule has 2 aromatic rings. The molecule has 1 aliphatic rings. The number of hydrogen-bond donors (Lipinski definition) is 3. The molecule has 0 spiro atoms. The highest BCUT2D eigenvalue weighted by Gasteiger charge is 2.17. The molecule has 0 aliphatic carbocycles. The third-order valence-corrected chi connectivity index (χ3v) is 3.77. The Kier molecular flexibility index (Phi) is 4.70. The summed E-state index contributed by atoms with van der Waals surface area (Å²) in [5, 5.41) is 14.5. The Morgan fingerprint density at radius 1 is 1.27 bits per heavy atom. The van der Waals surface area contributed by atoms with Crippen LogP contribution in [0.2, 0.25) is 0 Å². The molecule has 0 saturated carbocycles. The van der Waals surface area contributed by atoms with Crippen molar-refractivity contribution in [3.63, 3.8) is 0 Å². The van der Waals surface area contributed by atoms with Gasteiger partial charge in [0.25, 0.3) is 0 Å². The molecule has 0 radical (unpaired) electrons. The summed E-state index contributed by atoms with van der Waals surface area (Å²) in [6.45, 7) is 2.04. The molecule has 0 aromatic carbocycles. The molecule has 3 rings (SSSR count). The van der Waals surface area contributed by atoms with Crippen molar-refractivity contribution in [3.05, 3.63) is 48.2 Å². The van der Waals surface area contributed by atoms with Crippen LogP contribution in [0, 0.1) is 5.41 Å². The molecule has 1 saturated heterocycles. The van der Waals surface area contributed by atoms with Gasteiger partial charge in [0.1, 0.15) is 11.6 Å². The second kappa shape index (κ2) is 7.09. The molecule has 114 valence electrons. The zero-order valence-electron chi connectivity index (χ0n) is 12.4. The average Bonchev–Trinajstić information content (AvgIpc) is 2.58. The molecule has 1 fully saturated rings. The predicted octanol–water partition coefficient (Wildman–Crippen LogP) is 1.82. The standard InChI is InChI=1S/C16H20N6/c17-10-13(14-5-1-2-8-19-14)16-20-9-6-15(22-16)21-12-4-3-7-18-11-12/h1-2,5-6,8-10,12-13,17-18H,3-4,7,11H2,(H,20,21,22). The second-order valence-corrected chi connectivity index (χ2v) is 5.39. The quantitative estimate of drug-likeness (QED) is 0.733. The highest BCUT2D eigenvalue weighted by atomic mass is 15.1. The van der Waals surface area contributed by atoms with E-state index in [2.05, 4.69) is 25.6 Å². The summed E-state index contributed by atoms with van der Waals surface area (Å²) < 4.78 is 0. The maximum atomic E-state index is 7.68. The topological polar surface area (TPSA) is 86.6 Å². The predicted molar refractivity (Wildman–Crippen MR) is 86.4 cm³/mol. The van der Waals surface area contributed by atoms with Crippen LogP contribution in [0.4, 0.5) is 5.82 Å². The van der Waals surface area contributed by atoms with Gasteiger partial charge in [-0.2, -0.15) is 0 Å². The Morgan fingerprint density at radius 2 is 2.23 bits per heavy atom. The smallest absolute Gasteiger partial charge is 0.145 e. The average molecular weight is 296 g/mol. The molecule has 2 unspecified atom stereocenters. The maximum Gasteiger partial charge on any atom is 0.145 e. The van der Waals surface area contributed by atoms with E-state index < -0.39 is 0 Å². The molecule has 3 N–H and O–H groups in total. The van der Waals surface area contributed by atoms with E-state index in [0.717, 1.165) is 31.0 Å². The van der Waals surface area contributed by atoms with Crippen molar-refractivity contribution in [1.29, 1.82) is 5.41 Å². The van der Waals surface area contributed by atoms with Crippen LogP contribution in [0.1, 0.15) is 30.3 Å². The first-order valence-electron chi connectivity index (χ1n) is 7.58. The lowest BCUT2D eigenvalue weighted by molar-refractivity contribution is 0.479. The third-order valence-electron chi connectivity index (χ3n) is 3.77. The van der Waals surface area contributed by atoms with Gasteiger partial charge in [-0.15, -0.1) is 0 Å². The summed E-state index contributed by atoms with van der Waals surface area (Å²) in [5.74, 6) is 1.09. The van der Waals surface area contributed by atoms with E-state index in [-0.39, 0.29) is 5.92 Å². The highest BCUT2D eigenvalue weighted by Crippen LogP contribution is 2.19. The van der Waals surface area contributed by atoms with Gasteiger partial charge < -0.3 is 16.0 Å². The Morgan fingerprint density at radius 3 is 2.95 bits per heavy atom. The normalized spacial score (nSPS) is 19.4. The Bertz CT molecular complexity index is 609. The van der Waals surface area contributed by atoms with Crippen LogP contribution in [0.5, 0.6) is 0 Å². The minimum absolute atomic E-state index is 0.313. The summed E-state index contributed by atoms with van der Waals surface area (Å²) in [6.07, 6.45) is 7.11. The van der Waals surface area contributed by atoms with Crippen molar-refractivity contribution in [2.75, 3.05) is 18.4 Å². The van der Waals surface area contributed by atoms with Crippen molar-refractivity contribution in [1.82, 2.24) is 20.3 Å². The van der Waals surface area contributed by atoms with Crippen LogP contribution in [0.15, 0.2) is 36.7 Å². The fraction of sp³-hybridized carbons (Fsp3) is 0.375. The van der Waals surface area contributed by atoms with Gasteiger partial charge >= 0.3 is 0 Å². The lowest BCUT2D eigenvalue weighted by atomic mass is 10.1. The largest absolute Gasteiger partial charge is 0.366 e. The molecular weight excluding hydrogens is 276 g/mol. The van der Waals surface area contributed by atoms with Crippen molar-refractivity contribution in [3.8, 4) is 0 Å². The van der Waals surface area contributed by atoms with E-state index in [1.807, 2.05) is 24.3 Å². The molecule has 0 amide bonds. The summed E-state index contributed by atoms with van der Waals surface area (Å²) >= 11 is 0. The van der Waals surface area contributed by atoms with Crippen molar-refractivity contribution >= 4 is 12.0 Å². The summed E-state index contributed by atoms with van der Waals surface area (Å²) in [7, 11) is 0. The first kappa shape index (κ1) is 14.6. The molecule has 22 heavy (non-hydrogen) atoms. The van der Waals surface area contributed by atoms with Crippen LogP contribution in [-0.2, 0) is 0 Å². The van der Waals surface area contributed by atoms with Crippen molar-refractivity contribution in [2.24, 2.45) is 0 Å². The first-order chi connectivity index (χ1) is 10.9. The maximum absolute atomic E-state index is 7.68. The summed E-state index contributed by atoms with van der Waals surface area (Å²) in [4.78, 5) is 13.2. The molecule has 0 bridgehead atoms. The van der Waals surface area contributed by atoms with Gasteiger partial charge in [-0.25, -0.2) is 9.97 Å². The molecule has 3 heterocycles. The monoisotopic (exact) mass is 296 g/mol. The summed E-state index contributed by atoms with van der Waals surface area (Å²) in [5.41, 5.74) is 0.786. The number of hydrogen-bond acceptors (Lipinski definition) is 6. The minimum Gasteiger partial charge on any atom is -0.366 e. The van der Waals surface area contributed by atoms with Crippen LogP contribution >= 0.6 is 0 Å². The van der Waals surface area contributed by atoms with Crippen LogP contribution in [0.25, 0.3) is 0 Å². The van der Waals surface area contributed by atoms with Crippen molar-refractivity contribution < 1.29 is 0 Å². The number of nitrogens with zero attached hydrogens (tertiary/aromatic N) is 3. The molecule has 1 aliphatic heterocycles. The van der Waals surface area contributed by atoms with E-state index in [1.165, 1.54) is 12.6 Å². The van der Waals surface area contributed by atoms with E-state index in [0.29, 0.717) is 11.9 Å². The van der Waals surface area contributed by atoms with Crippen LogP contribution < -0.4 is 10.6 Å². The van der Waals surface area contributed by atoms with Gasteiger partial charge in [0, 0.05) is 31.2 Å². The van der Waals surface area contributed by atoms with Crippen LogP contribution in [0.3, 0.4) is 0 Å². The Labute approximate surface area is 129 Å². The second-order valence-electron chi connectivity index (χ2n) is 5.39. The fourth-order valence-corrected chi connectivity index (χ4v) is 2.64. The van der Waals surface area contributed by atoms with Gasteiger partial charge in [0.15, 0.2) is 0 Å². The third kappa shape index (κ3) is 3.46. The van der Waals surface area contributed by atoms with Gasteiger partial charge in [-0.3, -0.25) is 4.98 Å². The number of rotatable bonds is 5. The number of pyridine rings is 1. The molecular formula is C16H20N6. The van der Waals surface area contributed by atoms with Gasteiger partial charge in [-0.1, -0.05) is 6.07 Å². The SMILES string of the molecule is N=CC(c1ccccn1)c1nccc(NC2CCCNC2)n1. The Hall–Kier alpha value is -2.34. The summed E-state index contributed by atoms with van der Waals surface area (Å²) in [6, 6.07) is 7.93. The van der Waals surface area contributed by atoms with E-state index >= 15 is 0 Å². The minimum atomic E-state index is -0.313. The first-order valence-corrected chi connectivity index (χ1v) is 7.58. The van der Waals surface area contributed by atoms with Gasteiger partial charge in [-0.05, 0) is 37.6 Å². The number of nitrogens with one attached hydrogen (secondary N) is 3. The molecule has 6 heteroatoms. The fourth-order valence-electron chi connectivity index (χ4n) is 2.64. The van der Waals surface area contributed by atoms with E-state index in [9.17, 15) is 0 Å². The Balaban J connectivity index is 1.78. The molecule has 6 nitrogen and oxygen atoms in total. The lowest BCUT2D eigenvalue weighted by Gasteiger charge is -2.24. The zero-order chi connectivity index (χ0) is 15.2. The van der Waals surface area contributed by atoms with Gasteiger partial charge in [0.2, 0.25) is 0 Å². The van der Waals surface area contributed by atoms with Crippen LogP contribution in [-0.4, -0.2) is 40.3 Å². The van der Waals surface area contributed by atoms with E-state index in [1.54, 1.807) is 12.4 Å². The number of aromatic nitrogens is 3. The van der Waals surface area contributed by atoms with E-state index in [4.69, 9.17) is 5.41 Å². The van der Waals surface area contributed by atoms with Gasteiger partial charge in [0.05, 0.1) is 11.6 Å². The molecule has 2 atom stereocenters. The lowest BCUT2D eigenvalue weighted by Crippen LogP contribution is -2.38. The highest BCUT2D eigenvalue weighted by molar-refractivity contribution is 5.67. The molecule has 2 aromatic heterocycles. The number of piperidine rings is 1. The van der Waals surface area contributed by atoms with Crippen molar-refractivity contribution in [2.45, 2.75) is 24.8 Å². The number of anilines is 1. The zero-order valence-corrected chi connectivity index (χ0v) is 12.4.